The summed E-state index contributed by atoms with van der Waals surface area (Å²) in [5.74, 6) is 1.74. The van der Waals surface area contributed by atoms with Crippen LogP contribution in [-0.2, 0) is 0 Å². The van der Waals surface area contributed by atoms with Gasteiger partial charge in [-0.2, -0.15) is 0 Å². The second kappa shape index (κ2) is 7.01. The Morgan fingerprint density at radius 2 is 1.63 bits per heavy atom. The molecule has 4 aromatic rings. The van der Waals surface area contributed by atoms with Gasteiger partial charge in [-0.15, -0.1) is 11.3 Å². The highest BCUT2D eigenvalue weighted by Crippen LogP contribution is 2.44. The third-order valence-corrected chi connectivity index (χ3v) is 6.39. The highest BCUT2D eigenvalue weighted by Gasteiger charge is 2.26. The van der Waals surface area contributed by atoms with Gasteiger partial charge in [0.05, 0.1) is 21.6 Å². The number of anilines is 2. The predicted molar refractivity (Wildman–Crippen MR) is 124 cm³/mol. The van der Waals surface area contributed by atoms with E-state index in [9.17, 15) is 0 Å². The van der Waals surface area contributed by atoms with Gasteiger partial charge < -0.3 is 9.64 Å². The van der Waals surface area contributed by atoms with Gasteiger partial charge in [0.2, 0.25) is 0 Å². The summed E-state index contributed by atoms with van der Waals surface area (Å²) in [6.07, 6.45) is 9.40. The van der Waals surface area contributed by atoms with Crippen LogP contribution in [0.1, 0.15) is 6.42 Å². The standard InChI is InChI=1S/C26H18N2OS/c1-2-9-21-23(11-3-1)29-24-12-6-5-10-22(24)28(21)19-16-14-18(15-17-19)26-27-20-8-4-7-13-25(20)30-26/h2-17H,1H2. The Morgan fingerprint density at radius 1 is 0.833 bits per heavy atom. The van der Waals surface area contributed by atoms with E-state index >= 15 is 0 Å². The lowest BCUT2D eigenvalue weighted by Gasteiger charge is -2.33. The molecule has 3 aromatic carbocycles. The first kappa shape index (κ1) is 17.2. The number of nitrogens with zero attached hydrogens (tertiary/aromatic N) is 2. The fraction of sp³-hybridized carbons (Fsp3) is 0.0385. The van der Waals surface area contributed by atoms with E-state index in [0.717, 1.165) is 51.1 Å². The number of fused-ring (bicyclic) bond motifs is 2. The summed E-state index contributed by atoms with van der Waals surface area (Å²) in [5, 5.41) is 1.04. The summed E-state index contributed by atoms with van der Waals surface area (Å²) in [6, 6.07) is 25.1. The Kier molecular flexibility index (Phi) is 4.03. The summed E-state index contributed by atoms with van der Waals surface area (Å²) in [7, 11) is 0. The summed E-state index contributed by atoms with van der Waals surface area (Å²) in [5.41, 5.74) is 5.38. The highest BCUT2D eigenvalue weighted by atomic mass is 32.1. The second-order valence-electron chi connectivity index (χ2n) is 7.23. The quantitative estimate of drug-likeness (QED) is 0.351. The molecule has 0 unspecified atom stereocenters. The van der Waals surface area contributed by atoms with Crippen LogP contribution in [0.25, 0.3) is 20.8 Å². The topological polar surface area (TPSA) is 25.4 Å². The van der Waals surface area contributed by atoms with E-state index in [1.807, 2.05) is 24.3 Å². The summed E-state index contributed by atoms with van der Waals surface area (Å²) >= 11 is 1.73. The average Bonchev–Trinajstić information content (AvgIpc) is 3.09. The molecule has 0 spiro atoms. The molecule has 6 rings (SSSR count). The first-order chi connectivity index (χ1) is 14.9. The number of rotatable bonds is 2. The van der Waals surface area contributed by atoms with Crippen molar-refractivity contribution in [2.75, 3.05) is 4.90 Å². The van der Waals surface area contributed by atoms with Crippen LogP contribution in [0.2, 0.25) is 0 Å². The normalized spacial score (nSPS) is 15.0. The van der Waals surface area contributed by atoms with Crippen LogP contribution in [0.3, 0.4) is 0 Å². The predicted octanol–water partition coefficient (Wildman–Crippen LogP) is 7.22. The maximum Gasteiger partial charge on any atom is 0.151 e. The summed E-state index contributed by atoms with van der Waals surface area (Å²) < 4.78 is 7.40. The smallest absolute Gasteiger partial charge is 0.151 e. The number of aromatic nitrogens is 1. The van der Waals surface area contributed by atoms with Gasteiger partial charge in [0.25, 0.3) is 0 Å². The lowest BCUT2D eigenvalue weighted by atomic mass is 10.1. The first-order valence-corrected chi connectivity index (χ1v) is 10.8. The molecule has 0 saturated heterocycles. The molecule has 4 heteroatoms. The minimum absolute atomic E-state index is 0.867. The van der Waals surface area contributed by atoms with Crippen molar-refractivity contribution in [3.63, 3.8) is 0 Å². The largest absolute Gasteiger partial charge is 0.453 e. The van der Waals surface area contributed by atoms with Crippen molar-refractivity contribution in [3.05, 3.63) is 109 Å². The van der Waals surface area contributed by atoms with Crippen molar-refractivity contribution >= 4 is 32.9 Å². The van der Waals surface area contributed by atoms with Gasteiger partial charge in [0.15, 0.2) is 11.5 Å². The maximum atomic E-state index is 6.19. The molecular formula is C26H18N2OS. The van der Waals surface area contributed by atoms with Crippen LogP contribution >= 0.6 is 11.3 Å². The van der Waals surface area contributed by atoms with Crippen molar-refractivity contribution in [3.8, 4) is 16.3 Å². The Balaban J connectivity index is 1.44. The van der Waals surface area contributed by atoms with Gasteiger partial charge in [-0.25, -0.2) is 4.98 Å². The van der Waals surface area contributed by atoms with Crippen LogP contribution in [0.5, 0.6) is 5.75 Å². The fourth-order valence-corrected chi connectivity index (χ4v) is 4.85. The van der Waals surface area contributed by atoms with Gasteiger partial charge in [0.1, 0.15) is 5.01 Å². The van der Waals surface area contributed by atoms with Crippen molar-refractivity contribution in [1.82, 2.24) is 4.98 Å². The molecule has 0 atom stereocenters. The molecule has 0 amide bonds. The highest BCUT2D eigenvalue weighted by molar-refractivity contribution is 7.21. The van der Waals surface area contributed by atoms with Crippen LogP contribution in [0.15, 0.2) is 109 Å². The van der Waals surface area contributed by atoms with Gasteiger partial charge >= 0.3 is 0 Å². The summed E-state index contributed by atoms with van der Waals surface area (Å²) in [6.45, 7) is 0. The third-order valence-electron chi connectivity index (χ3n) is 5.30. The molecular weight excluding hydrogens is 388 g/mol. The molecule has 0 N–H and O–H groups in total. The Morgan fingerprint density at radius 3 is 2.53 bits per heavy atom. The third kappa shape index (κ3) is 2.85. The maximum absolute atomic E-state index is 6.19. The zero-order chi connectivity index (χ0) is 19.9. The Hall–Kier alpha value is -3.63. The molecule has 2 heterocycles. The second-order valence-corrected chi connectivity index (χ2v) is 8.26. The van der Waals surface area contributed by atoms with Gasteiger partial charge in [-0.3, -0.25) is 0 Å². The molecule has 0 saturated carbocycles. The molecule has 3 nitrogen and oxygen atoms in total. The van der Waals surface area contributed by atoms with Crippen LogP contribution in [-0.4, -0.2) is 4.98 Å². The Bertz CT molecular complexity index is 1310. The van der Waals surface area contributed by atoms with Crippen molar-refractivity contribution < 1.29 is 4.74 Å². The number of ether oxygens (including phenoxy) is 1. The van der Waals surface area contributed by atoms with Crippen molar-refractivity contribution in [2.24, 2.45) is 0 Å². The van der Waals surface area contributed by atoms with E-state index < -0.39 is 0 Å². The number of thiazole rings is 1. The molecule has 1 aliphatic heterocycles. The number of benzene rings is 3. The van der Waals surface area contributed by atoms with Crippen molar-refractivity contribution in [2.45, 2.75) is 6.42 Å². The molecule has 0 radical (unpaired) electrons. The SMILES string of the molecule is C1=CC2=C(C=CC1)N(c1ccc(-c3nc4ccccc4s3)cc1)c1ccccc1O2. The van der Waals surface area contributed by atoms with E-state index in [1.54, 1.807) is 11.3 Å². The van der Waals surface area contributed by atoms with E-state index in [0.29, 0.717) is 0 Å². The number of para-hydroxylation sites is 3. The van der Waals surface area contributed by atoms with Crippen molar-refractivity contribution in [1.29, 1.82) is 0 Å². The van der Waals surface area contributed by atoms with Crippen LogP contribution < -0.4 is 9.64 Å². The molecule has 30 heavy (non-hydrogen) atoms. The molecule has 0 fully saturated rings. The molecule has 144 valence electrons. The molecule has 1 aliphatic carbocycles. The lowest BCUT2D eigenvalue weighted by molar-refractivity contribution is 0.431. The van der Waals surface area contributed by atoms with Gasteiger partial charge in [-0.1, -0.05) is 36.4 Å². The number of hydrogen-bond donors (Lipinski definition) is 0. The van der Waals surface area contributed by atoms with E-state index in [1.165, 1.54) is 4.70 Å². The minimum atomic E-state index is 0.867. The molecule has 0 bridgehead atoms. The Labute approximate surface area is 178 Å². The van der Waals surface area contributed by atoms with Gasteiger partial charge in [-0.05, 0) is 67.1 Å². The van der Waals surface area contributed by atoms with Crippen LogP contribution in [0, 0.1) is 0 Å². The first-order valence-electron chi connectivity index (χ1n) is 9.97. The molecule has 2 aliphatic rings. The zero-order valence-corrected chi connectivity index (χ0v) is 17.0. The van der Waals surface area contributed by atoms with E-state index in [2.05, 4.69) is 77.7 Å². The number of allylic oxidation sites excluding steroid dienone is 4. The zero-order valence-electron chi connectivity index (χ0n) is 16.2. The van der Waals surface area contributed by atoms with E-state index in [-0.39, 0.29) is 0 Å². The minimum Gasteiger partial charge on any atom is -0.453 e. The summed E-state index contributed by atoms with van der Waals surface area (Å²) in [4.78, 5) is 7.06. The fourth-order valence-electron chi connectivity index (χ4n) is 3.88. The lowest BCUT2D eigenvalue weighted by Crippen LogP contribution is -2.22. The van der Waals surface area contributed by atoms with E-state index in [4.69, 9.17) is 9.72 Å². The monoisotopic (exact) mass is 406 g/mol. The van der Waals surface area contributed by atoms with Crippen LogP contribution in [0.4, 0.5) is 11.4 Å². The molecule has 1 aromatic heterocycles. The average molecular weight is 407 g/mol. The van der Waals surface area contributed by atoms with Gasteiger partial charge in [0, 0.05) is 11.3 Å². The number of hydrogen-bond acceptors (Lipinski definition) is 4.